The minimum Gasteiger partial charge on any atom is -0.355 e. The molecule has 6 heteroatoms. The Morgan fingerprint density at radius 1 is 1.05 bits per heavy atom. The third kappa shape index (κ3) is 2.96. The minimum absolute atomic E-state index is 0.187. The van der Waals surface area contributed by atoms with Gasteiger partial charge in [-0.3, -0.25) is 9.10 Å². The number of nitrogens with zero attached hydrogens (tertiary/aromatic N) is 1. The molecule has 0 bridgehead atoms. The molecule has 0 spiro atoms. The maximum atomic E-state index is 12.7. The van der Waals surface area contributed by atoms with Gasteiger partial charge in [0, 0.05) is 14.1 Å². The Hall–Kier alpha value is -2.34. The van der Waals surface area contributed by atoms with Crippen molar-refractivity contribution in [3.8, 4) is 0 Å². The fourth-order valence-electron chi connectivity index (χ4n) is 2.07. The Balaban J connectivity index is 2.49. The third-order valence-electron chi connectivity index (χ3n) is 3.39. The molecule has 2 rings (SSSR count). The maximum Gasteiger partial charge on any atom is 0.264 e. The van der Waals surface area contributed by atoms with E-state index in [1.165, 1.54) is 14.1 Å². The second-order valence-corrected chi connectivity index (χ2v) is 6.85. The van der Waals surface area contributed by atoms with Crippen molar-refractivity contribution in [1.82, 2.24) is 5.32 Å². The summed E-state index contributed by atoms with van der Waals surface area (Å²) in [4.78, 5) is 12.1. The number of para-hydroxylation sites is 1. The van der Waals surface area contributed by atoms with Gasteiger partial charge in [-0.25, -0.2) is 8.42 Å². The summed E-state index contributed by atoms with van der Waals surface area (Å²) >= 11 is 0. The molecule has 0 aromatic heterocycles. The van der Waals surface area contributed by atoms with E-state index in [2.05, 4.69) is 5.32 Å². The van der Waals surface area contributed by atoms with Crippen molar-refractivity contribution in [3.05, 3.63) is 59.7 Å². The van der Waals surface area contributed by atoms with Gasteiger partial charge in [-0.05, 0) is 31.2 Å². The van der Waals surface area contributed by atoms with Crippen LogP contribution in [0.15, 0.2) is 53.4 Å². The number of nitrogens with one attached hydrogen (secondary N) is 1. The van der Waals surface area contributed by atoms with Crippen molar-refractivity contribution in [2.45, 2.75) is 11.8 Å². The summed E-state index contributed by atoms with van der Waals surface area (Å²) in [5.74, 6) is -0.332. The van der Waals surface area contributed by atoms with Gasteiger partial charge in [0.15, 0.2) is 0 Å². The Morgan fingerprint density at radius 2 is 1.64 bits per heavy atom. The van der Waals surface area contributed by atoms with Crippen molar-refractivity contribution in [1.29, 1.82) is 0 Å². The Labute approximate surface area is 130 Å². The van der Waals surface area contributed by atoms with Gasteiger partial charge < -0.3 is 5.32 Å². The summed E-state index contributed by atoms with van der Waals surface area (Å²) in [6.45, 7) is 1.89. The first kappa shape index (κ1) is 16.0. The van der Waals surface area contributed by atoms with Crippen molar-refractivity contribution in [3.63, 3.8) is 0 Å². The Kier molecular flexibility index (Phi) is 4.51. The molecular weight excluding hydrogens is 300 g/mol. The molecule has 5 nitrogen and oxygen atoms in total. The first-order chi connectivity index (χ1) is 10.4. The SMILES string of the molecule is CNC(=O)c1ccccc1N(C)S(=O)(=O)c1ccc(C)cc1. The number of aryl methyl sites for hydroxylation is 1. The van der Waals surface area contributed by atoms with Crippen molar-refractivity contribution in [2.24, 2.45) is 0 Å². The van der Waals surface area contributed by atoms with Crippen LogP contribution in [0.5, 0.6) is 0 Å². The summed E-state index contributed by atoms with van der Waals surface area (Å²) < 4.78 is 26.5. The Morgan fingerprint density at radius 3 is 2.23 bits per heavy atom. The molecule has 0 atom stereocenters. The molecular formula is C16H18N2O3S. The van der Waals surface area contributed by atoms with E-state index >= 15 is 0 Å². The molecule has 0 unspecified atom stereocenters. The molecule has 1 N–H and O–H groups in total. The monoisotopic (exact) mass is 318 g/mol. The van der Waals surface area contributed by atoms with Crippen LogP contribution in [0.2, 0.25) is 0 Å². The lowest BCUT2D eigenvalue weighted by Crippen LogP contribution is -2.29. The van der Waals surface area contributed by atoms with Crippen LogP contribution >= 0.6 is 0 Å². The van der Waals surface area contributed by atoms with Gasteiger partial charge in [-0.1, -0.05) is 29.8 Å². The number of anilines is 1. The van der Waals surface area contributed by atoms with Gasteiger partial charge in [0.25, 0.3) is 15.9 Å². The lowest BCUT2D eigenvalue weighted by Gasteiger charge is -2.22. The van der Waals surface area contributed by atoms with Gasteiger partial charge in [0.1, 0.15) is 0 Å². The van der Waals surface area contributed by atoms with Gasteiger partial charge in [0.2, 0.25) is 0 Å². The second-order valence-electron chi connectivity index (χ2n) is 4.88. The number of rotatable bonds is 4. The average molecular weight is 318 g/mol. The lowest BCUT2D eigenvalue weighted by atomic mass is 10.1. The second kappa shape index (κ2) is 6.19. The molecule has 0 radical (unpaired) electrons. The fraction of sp³-hybridized carbons (Fsp3) is 0.188. The number of sulfonamides is 1. The average Bonchev–Trinajstić information content (AvgIpc) is 2.53. The molecule has 0 aliphatic carbocycles. The summed E-state index contributed by atoms with van der Waals surface area (Å²) in [6.07, 6.45) is 0. The number of amides is 1. The zero-order chi connectivity index (χ0) is 16.3. The van der Waals surface area contributed by atoms with Crippen LogP contribution in [0.3, 0.4) is 0 Å². The van der Waals surface area contributed by atoms with Crippen LogP contribution in [0.4, 0.5) is 5.69 Å². The van der Waals surface area contributed by atoms with Crippen LogP contribution in [0.1, 0.15) is 15.9 Å². The molecule has 0 saturated heterocycles. The van der Waals surface area contributed by atoms with Gasteiger partial charge >= 0.3 is 0 Å². The Bertz CT molecular complexity index is 783. The summed E-state index contributed by atoms with van der Waals surface area (Å²) in [5.41, 5.74) is 1.62. The lowest BCUT2D eigenvalue weighted by molar-refractivity contribution is 0.0964. The number of benzene rings is 2. The fourth-order valence-corrected chi connectivity index (χ4v) is 3.29. The van der Waals surface area contributed by atoms with Gasteiger partial charge in [-0.15, -0.1) is 0 Å². The number of hydrogen-bond acceptors (Lipinski definition) is 3. The highest BCUT2D eigenvalue weighted by Crippen LogP contribution is 2.25. The molecule has 2 aromatic carbocycles. The number of hydrogen-bond donors (Lipinski definition) is 1. The van der Waals surface area contributed by atoms with Gasteiger partial charge in [-0.2, -0.15) is 0 Å². The number of carbonyl (C=O) groups excluding carboxylic acids is 1. The smallest absolute Gasteiger partial charge is 0.264 e. The van der Waals surface area contributed by atoms with E-state index in [0.29, 0.717) is 11.3 Å². The molecule has 22 heavy (non-hydrogen) atoms. The first-order valence-electron chi connectivity index (χ1n) is 6.74. The molecule has 116 valence electrons. The highest BCUT2D eigenvalue weighted by molar-refractivity contribution is 7.92. The van der Waals surface area contributed by atoms with Gasteiger partial charge in [0.05, 0.1) is 16.1 Å². The zero-order valence-corrected chi connectivity index (χ0v) is 13.5. The van der Waals surface area contributed by atoms with Crippen molar-refractivity contribution >= 4 is 21.6 Å². The predicted octanol–water partition coefficient (Wildman–Crippen LogP) is 2.18. The molecule has 0 heterocycles. The van der Waals surface area contributed by atoms with E-state index in [1.54, 1.807) is 48.5 Å². The molecule has 0 aliphatic heterocycles. The molecule has 0 aliphatic rings. The zero-order valence-electron chi connectivity index (χ0n) is 12.7. The normalized spacial score (nSPS) is 11.0. The van der Waals surface area contributed by atoms with Crippen LogP contribution in [0, 0.1) is 6.92 Å². The largest absolute Gasteiger partial charge is 0.355 e. The first-order valence-corrected chi connectivity index (χ1v) is 8.18. The van der Waals surface area contributed by atoms with Crippen LogP contribution in [0.25, 0.3) is 0 Å². The van der Waals surface area contributed by atoms with E-state index in [-0.39, 0.29) is 10.8 Å². The van der Waals surface area contributed by atoms with E-state index < -0.39 is 10.0 Å². The molecule has 0 saturated carbocycles. The third-order valence-corrected chi connectivity index (χ3v) is 5.18. The van der Waals surface area contributed by atoms with E-state index in [1.807, 2.05) is 6.92 Å². The van der Waals surface area contributed by atoms with Crippen molar-refractivity contribution < 1.29 is 13.2 Å². The standard InChI is InChI=1S/C16H18N2O3S/c1-12-8-10-13(11-9-12)22(20,21)18(3)15-7-5-4-6-14(15)16(19)17-2/h4-11H,1-3H3,(H,17,19). The maximum absolute atomic E-state index is 12.7. The van der Waals surface area contributed by atoms with E-state index in [4.69, 9.17) is 0 Å². The van der Waals surface area contributed by atoms with Crippen LogP contribution in [-0.2, 0) is 10.0 Å². The summed E-state index contributed by atoms with van der Waals surface area (Å²) in [6, 6.07) is 13.2. The van der Waals surface area contributed by atoms with E-state index in [0.717, 1.165) is 9.87 Å². The van der Waals surface area contributed by atoms with Crippen LogP contribution < -0.4 is 9.62 Å². The molecule has 1 amide bonds. The highest BCUT2D eigenvalue weighted by Gasteiger charge is 2.24. The van der Waals surface area contributed by atoms with E-state index in [9.17, 15) is 13.2 Å². The molecule has 2 aromatic rings. The topological polar surface area (TPSA) is 66.5 Å². The highest BCUT2D eigenvalue weighted by atomic mass is 32.2. The van der Waals surface area contributed by atoms with Crippen molar-refractivity contribution in [2.75, 3.05) is 18.4 Å². The summed E-state index contributed by atoms with van der Waals surface area (Å²) in [5, 5.41) is 2.51. The quantitative estimate of drug-likeness (QED) is 0.939. The molecule has 0 fully saturated rings. The minimum atomic E-state index is -3.72. The number of carbonyl (C=O) groups is 1. The predicted molar refractivity (Wildman–Crippen MR) is 86.6 cm³/mol. The summed E-state index contributed by atoms with van der Waals surface area (Å²) in [7, 11) is -0.771. The van der Waals surface area contributed by atoms with Crippen LogP contribution in [-0.4, -0.2) is 28.4 Å².